The lowest BCUT2D eigenvalue weighted by Gasteiger charge is -2.36. The fourth-order valence-electron chi connectivity index (χ4n) is 6.82. The zero-order valence-corrected chi connectivity index (χ0v) is 33.6. The average Bonchev–Trinajstić information content (AvgIpc) is 3.25. The van der Waals surface area contributed by atoms with Crippen molar-refractivity contribution in [2.24, 2.45) is 0 Å². The zero-order chi connectivity index (χ0) is 40.5. The quantitative estimate of drug-likeness (QED) is 0.0557. The molecule has 10 nitrogen and oxygen atoms in total. The van der Waals surface area contributed by atoms with Crippen LogP contribution >= 0.6 is 11.8 Å². The summed E-state index contributed by atoms with van der Waals surface area (Å²) in [5.74, 6) is 0.107. The Bertz CT molecular complexity index is 2400. The second kappa shape index (κ2) is 18.9. The minimum atomic E-state index is -3.99. The van der Waals surface area contributed by atoms with Gasteiger partial charge in [0.05, 0.1) is 23.7 Å². The van der Waals surface area contributed by atoms with Gasteiger partial charge in [0, 0.05) is 36.4 Å². The number of aromatic nitrogens is 1. The van der Waals surface area contributed by atoms with Gasteiger partial charge in [-0.1, -0.05) is 133 Å². The second-order valence-corrected chi connectivity index (χ2v) is 17.0. The standard InChI is InChI=1S/C46H45N3O7S2/c1-32-14-24-40(25-15-32)58(53,54)48-42(27-33-9-3-2-4-10-33)45(51)47-29-38-11-5-6-12-41(38)35-20-22-37(23-21-35)46-55-39(31-57-44-13-7-8-26-49(44)52)28-43(56-46)36-18-16-34(30-50)17-19-36/h2-26,39,42-43,46,48,50H,27-31H2,1H3,(H,47,51)/t39-,42+,43+,46+/m0/s1. The maximum atomic E-state index is 13.8. The highest BCUT2D eigenvalue weighted by Crippen LogP contribution is 2.40. The Morgan fingerprint density at radius 1 is 0.828 bits per heavy atom. The third-order valence-electron chi connectivity index (χ3n) is 10.0. The number of thioether (sulfide) groups is 1. The summed E-state index contributed by atoms with van der Waals surface area (Å²) in [6.45, 7) is 2.01. The molecule has 4 atom stereocenters. The van der Waals surface area contributed by atoms with E-state index in [1.807, 2.05) is 116 Å². The van der Waals surface area contributed by atoms with Crippen LogP contribution in [0.4, 0.5) is 0 Å². The number of nitrogens with one attached hydrogen (secondary N) is 2. The first-order chi connectivity index (χ1) is 28.1. The van der Waals surface area contributed by atoms with E-state index in [-0.39, 0.29) is 36.7 Å². The van der Waals surface area contributed by atoms with E-state index in [4.69, 9.17) is 9.47 Å². The molecule has 0 bridgehead atoms. The van der Waals surface area contributed by atoms with Crippen LogP contribution in [0.5, 0.6) is 0 Å². The minimum Gasteiger partial charge on any atom is -0.618 e. The van der Waals surface area contributed by atoms with Crippen LogP contribution in [0.3, 0.4) is 0 Å². The van der Waals surface area contributed by atoms with Crippen molar-refractivity contribution in [3.63, 3.8) is 0 Å². The summed E-state index contributed by atoms with van der Waals surface area (Å²) in [5, 5.41) is 25.5. The number of carbonyl (C=O) groups excluding carboxylic acids is 1. The molecule has 0 radical (unpaired) electrons. The van der Waals surface area contributed by atoms with Crippen molar-refractivity contribution < 1.29 is 32.5 Å². The average molecular weight is 816 g/mol. The van der Waals surface area contributed by atoms with Gasteiger partial charge in [-0.3, -0.25) is 4.79 Å². The second-order valence-electron chi connectivity index (χ2n) is 14.2. The lowest BCUT2D eigenvalue weighted by Crippen LogP contribution is -2.47. The number of pyridine rings is 1. The van der Waals surface area contributed by atoms with Gasteiger partial charge in [-0.25, -0.2) is 8.42 Å². The molecule has 0 saturated carbocycles. The third-order valence-corrected chi connectivity index (χ3v) is 12.7. The molecule has 1 aliphatic heterocycles. The largest absolute Gasteiger partial charge is 0.618 e. The number of nitrogens with zero attached hydrogens (tertiary/aromatic N) is 1. The van der Waals surface area contributed by atoms with Crippen molar-refractivity contribution in [1.82, 2.24) is 10.0 Å². The number of hydrogen-bond donors (Lipinski definition) is 3. The van der Waals surface area contributed by atoms with Gasteiger partial charge in [0.25, 0.3) is 5.03 Å². The highest BCUT2D eigenvalue weighted by atomic mass is 32.2. The summed E-state index contributed by atoms with van der Waals surface area (Å²) in [6, 6.07) is 43.5. The van der Waals surface area contributed by atoms with Crippen molar-refractivity contribution in [2.45, 2.75) is 67.4 Å². The van der Waals surface area contributed by atoms with E-state index in [0.717, 1.165) is 49.2 Å². The van der Waals surface area contributed by atoms with Crippen LogP contribution in [-0.4, -0.2) is 37.3 Å². The van der Waals surface area contributed by atoms with Gasteiger partial charge in [-0.05, 0) is 64.9 Å². The van der Waals surface area contributed by atoms with Crippen LogP contribution in [0.1, 0.15) is 52.2 Å². The van der Waals surface area contributed by atoms with Gasteiger partial charge in [0.1, 0.15) is 6.04 Å². The molecular formula is C46H45N3O7S2. The van der Waals surface area contributed by atoms with Gasteiger partial charge < -0.3 is 25.1 Å². The monoisotopic (exact) mass is 815 g/mol. The van der Waals surface area contributed by atoms with Crippen LogP contribution < -0.4 is 14.8 Å². The molecule has 298 valence electrons. The Morgan fingerprint density at radius 3 is 2.24 bits per heavy atom. The van der Waals surface area contributed by atoms with E-state index < -0.39 is 28.3 Å². The number of aliphatic hydroxyl groups is 1. The molecule has 7 rings (SSSR count). The van der Waals surface area contributed by atoms with E-state index >= 15 is 0 Å². The molecule has 0 spiro atoms. The predicted octanol–water partition coefficient (Wildman–Crippen LogP) is 7.33. The molecular weight excluding hydrogens is 771 g/mol. The van der Waals surface area contributed by atoms with Crippen LogP contribution in [0.2, 0.25) is 0 Å². The number of carbonyl (C=O) groups is 1. The Morgan fingerprint density at radius 2 is 1.52 bits per heavy atom. The van der Waals surface area contributed by atoms with Crippen molar-refractivity contribution in [3.8, 4) is 11.1 Å². The smallest absolute Gasteiger partial charge is 0.251 e. The van der Waals surface area contributed by atoms with Gasteiger partial charge in [-0.15, -0.1) is 0 Å². The molecule has 1 amide bonds. The summed E-state index contributed by atoms with van der Waals surface area (Å²) in [4.78, 5) is 13.9. The molecule has 12 heteroatoms. The normalized spacial score (nSPS) is 17.4. The zero-order valence-electron chi connectivity index (χ0n) is 31.9. The number of ether oxygens (including phenoxy) is 2. The van der Waals surface area contributed by atoms with E-state index in [9.17, 15) is 23.5 Å². The van der Waals surface area contributed by atoms with Crippen LogP contribution in [0.25, 0.3) is 11.1 Å². The molecule has 0 unspecified atom stereocenters. The Balaban J connectivity index is 1.07. The summed E-state index contributed by atoms with van der Waals surface area (Å²) >= 11 is 1.44. The number of aliphatic hydroxyl groups excluding tert-OH is 1. The van der Waals surface area contributed by atoms with Gasteiger partial charge in [0.15, 0.2) is 12.5 Å². The molecule has 1 saturated heterocycles. The molecule has 2 heterocycles. The number of amides is 1. The SMILES string of the molecule is Cc1ccc(S(=O)(=O)N[C@H](Cc2ccccc2)C(=O)NCc2ccccc2-c2ccc([C@@H]3O[C@H](CSc4cccc[n+]4[O-])C[C@H](c4ccc(CO)cc4)O3)cc2)cc1. The molecule has 3 N–H and O–H groups in total. The summed E-state index contributed by atoms with van der Waals surface area (Å²) in [7, 11) is -3.99. The lowest BCUT2D eigenvalue weighted by atomic mass is 9.97. The van der Waals surface area contributed by atoms with Gasteiger partial charge in [0.2, 0.25) is 15.9 Å². The van der Waals surface area contributed by atoms with Crippen LogP contribution in [0, 0.1) is 12.1 Å². The number of hydrogen-bond acceptors (Lipinski definition) is 8. The van der Waals surface area contributed by atoms with E-state index in [1.54, 1.807) is 24.3 Å². The van der Waals surface area contributed by atoms with Gasteiger partial charge >= 0.3 is 0 Å². The van der Waals surface area contributed by atoms with E-state index in [2.05, 4.69) is 10.0 Å². The third kappa shape index (κ3) is 10.4. The van der Waals surface area contributed by atoms with Crippen molar-refractivity contribution in [1.29, 1.82) is 0 Å². The summed E-state index contributed by atoms with van der Waals surface area (Å²) < 4.78 is 43.4. The Labute approximate surface area is 343 Å². The molecule has 1 aromatic heterocycles. The number of sulfonamides is 1. The first kappa shape index (κ1) is 40.8. The summed E-state index contributed by atoms with van der Waals surface area (Å²) in [6.07, 6.45) is 1.07. The molecule has 5 aromatic carbocycles. The van der Waals surface area contributed by atoms with Crippen molar-refractivity contribution in [2.75, 3.05) is 5.75 Å². The first-order valence-corrected chi connectivity index (χ1v) is 21.5. The maximum Gasteiger partial charge on any atom is 0.251 e. The Hall–Kier alpha value is -5.34. The van der Waals surface area contributed by atoms with E-state index in [1.165, 1.54) is 30.1 Å². The maximum absolute atomic E-state index is 13.8. The molecule has 0 aliphatic carbocycles. The number of aryl methyl sites for hydroxylation is 1. The summed E-state index contributed by atoms with van der Waals surface area (Å²) in [5.41, 5.74) is 7.04. The number of benzene rings is 5. The fraction of sp³-hybridized carbons (Fsp3) is 0.217. The Kier molecular flexibility index (Phi) is 13.3. The van der Waals surface area contributed by atoms with Crippen LogP contribution in [-0.2, 0) is 43.9 Å². The predicted molar refractivity (Wildman–Crippen MR) is 224 cm³/mol. The topological polar surface area (TPSA) is 141 Å². The molecule has 1 fully saturated rings. The molecule has 6 aromatic rings. The highest BCUT2D eigenvalue weighted by Gasteiger charge is 2.33. The molecule has 1 aliphatic rings. The molecule has 58 heavy (non-hydrogen) atoms. The van der Waals surface area contributed by atoms with Crippen molar-refractivity contribution >= 4 is 27.7 Å². The first-order valence-electron chi connectivity index (χ1n) is 19.1. The fourth-order valence-corrected chi connectivity index (χ4v) is 8.95. The minimum absolute atomic E-state index is 0.0459. The number of rotatable bonds is 15. The highest BCUT2D eigenvalue weighted by molar-refractivity contribution is 7.99. The lowest BCUT2D eigenvalue weighted by molar-refractivity contribution is -0.645. The van der Waals surface area contributed by atoms with Gasteiger partial charge in [-0.2, -0.15) is 9.45 Å². The van der Waals surface area contributed by atoms with Crippen molar-refractivity contribution in [3.05, 3.63) is 190 Å². The van der Waals surface area contributed by atoms with E-state index in [0.29, 0.717) is 17.2 Å². The van der Waals surface area contributed by atoms with Crippen LogP contribution in [0.15, 0.2) is 162 Å².